The first kappa shape index (κ1) is 20.6. The van der Waals surface area contributed by atoms with Gasteiger partial charge in [-0.3, -0.25) is 4.79 Å². The number of sulfone groups is 1. The van der Waals surface area contributed by atoms with E-state index in [1.807, 2.05) is 0 Å². The standard InChI is InChI=1S/C14H22N2O6S2/c1-3-12(17)10-16-24(21,22)13-6-4-5-11(9-13)14(18)15-7-8-23(2,19)20/h4-6,9,12,16-17H,3,7-8,10H2,1-2H3,(H,15,18). The van der Waals surface area contributed by atoms with Crippen LogP contribution in [0.3, 0.4) is 0 Å². The molecule has 0 fully saturated rings. The van der Waals surface area contributed by atoms with Crippen molar-refractivity contribution >= 4 is 25.8 Å². The molecular weight excluding hydrogens is 356 g/mol. The molecule has 0 aliphatic rings. The van der Waals surface area contributed by atoms with Crippen molar-refractivity contribution in [2.75, 3.05) is 25.1 Å². The number of rotatable bonds is 9. The second-order valence-corrected chi connectivity index (χ2v) is 9.35. The summed E-state index contributed by atoms with van der Waals surface area (Å²) in [5, 5.41) is 11.9. The molecule has 1 atom stereocenters. The number of benzene rings is 1. The van der Waals surface area contributed by atoms with Crippen LogP contribution in [0.25, 0.3) is 0 Å². The fourth-order valence-electron chi connectivity index (χ4n) is 1.69. The third-order valence-electron chi connectivity index (χ3n) is 3.15. The molecule has 0 radical (unpaired) electrons. The number of aliphatic hydroxyl groups excluding tert-OH is 1. The van der Waals surface area contributed by atoms with Gasteiger partial charge in [0.15, 0.2) is 0 Å². The molecule has 0 heterocycles. The Morgan fingerprint density at radius 1 is 1.25 bits per heavy atom. The fourth-order valence-corrected chi connectivity index (χ4v) is 3.28. The summed E-state index contributed by atoms with van der Waals surface area (Å²) in [6.45, 7) is 1.54. The smallest absolute Gasteiger partial charge is 0.251 e. The minimum atomic E-state index is -3.85. The van der Waals surface area contributed by atoms with E-state index < -0.39 is 31.9 Å². The summed E-state index contributed by atoms with van der Waals surface area (Å²) in [6, 6.07) is 5.36. The Balaban J connectivity index is 2.80. The molecule has 0 aliphatic heterocycles. The van der Waals surface area contributed by atoms with E-state index in [1.54, 1.807) is 6.92 Å². The van der Waals surface area contributed by atoms with Crippen molar-refractivity contribution in [2.45, 2.75) is 24.3 Å². The minimum Gasteiger partial charge on any atom is -0.392 e. The van der Waals surface area contributed by atoms with E-state index in [-0.39, 0.29) is 29.3 Å². The van der Waals surface area contributed by atoms with Crippen molar-refractivity contribution in [2.24, 2.45) is 0 Å². The highest BCUT2D eigenvalue weighted by molar-refractivity contribution is 7.90. The summed E-state index contributed by atoms with van der Waals surface area (Å²) in [4.78, 5) is 11.9. The molecule has 1 amide bonds. The zero-order valence-electron chi connectivity index (χ0n) is 13.5. The molecule has 0 aromatic heterocycles. The predicted octanol–water partition coefficient (Wildman–Crippen LogP) is -0.490. The molecule has 1 aromatic carbocycles. The SMILES string of the molecule is CCC(O)CNS(=O)(=O)c1cccc(C(=O)NCCS(C)(=O)=O)c1. The number of carbonyl (C=O) groups is 1. The van der Waals surface area contributed by atoms with Gasteiger partial charge in [0.1, 0.15) is 9.84 Å². The Labute approximate surface area is 142 Å². The minimum absolute atomic E-state index is 0.0599. The Kier molecular flexibility index (Phi) is 7.33. The van der Waals surface area contributed by atoms with Gasteiger partial charge in [0.2, 0.25) is 10.0 Å². The maximum absolute atomic E-state index is 12.1. The molecule has 0 bridgehead atoms. The lowest BCUT2D eigenvalue weighted by Crippen LogP contribution is -2.32. The zero-order chi connectivity index (χ0) is 18.4. The molecule has 1 unspecified atom stereocenters. The molecular formula is C14H22N2O6S2. The van der Waals surface area contributed by atoms with Crippen molar-refractivity contribution in [1.82, 2.24) is 10.0 Å². The predicted molar refractivity (Wildman–Crippen MR) is 90.0 cm³/mol. The first-order valence-electron chi connectivity index (χ1n) is 7.29. The molecule has 0 spiro atoms. The number of hydrogen-bond acceptors (Lipinski definition) is 6. The Morgan fingerprint density at radius 3 is 2.50 bits per heavy atom. The van der Waals surface area contributed by atoms with Crippen LogP contribution in [0.2, 0.25) is 0 Å². The average molecular weight is 378 g/mol. The summed E-state index contributed by atoms with van der Waals surface area (Å²) < 4.78 is 48.6. The highest BCUT2D eigenvalue weighted by atomic mass is 32.2. The fraction of sp³-hybridized carbons (Fsp3) is 0.500. The number of carbonyl (C=O) groups excluding carboxylic acids is 1. The van der Waals surface area contributed by atoms with E-state index in [0.29, 0.717) is 6.42 Å². The number of amides is 1. The van der Waals surface area contributed by atoms with Crippen LogP contribution in [0.4, 0.5) is 0 Å². The second-order valence-electron chi connectivity index (χ2n) is 5.33. The number of aliphatic hydroxyl groups is 1. The molecule has 3 N–H and O–H groups in total. The lowest BCUT2D eigenvalue weighted by atomic mass is 10.2. The van der Waals surface area contributed by atoms with Crippen LogP contribution in [-0.2, 0) is 19.9 Å². The van der Waals surface area contributed by atoms with E-state index in [1.165, 1.54) is 24.3 Å². The Bertz CT molecular complexity index is 774. The second kappa shape index (κ2) is 8.56. The van der Waals surface area contributed by atoms with Crippen molar-refractivity contribution < 1.29 is 26.7 Å². The molecule has 0 aliphatic carbocycles. The summed E-state index contributed by atoms with van der Waals surface area (Å²) in [7, 11) is -7.05. The van der Waals surface area contributed by atoms with Crippen LogP contribution >= 0.6 is 0 Å². The largest absolute Gasteiger partial charge is 0.392 e. The molecule has 1 rings (SSSR count). The molecule has 1 aromatic rings. The van der Waals surface area contributed by atoms with Crippen LogP contribution < -0.4 is 10.0 Å². The van der Waals surface area contributed by atoms with Gasteiger partial charge in [-0.1, -0.05) is 13.0 Å². The van der Waals surface area contributed by atoms with Crippen molar-refractivity contribution in [1.29, 1.82) is 0 Å². The zero-order valence-corrected chi connectivity index (χ0v) is 15.2. The van der Waals surface area contributed by atoms with Gasteiger partial charge in [0.25, 0.3) is 5.91 Å². The van der Waals surface area contributed by atoms with Crippen molar-refractivity contribution in [3.05, 3.63) is 29.8 Å². The normalized spacial score (nSPS) is 13.5. The lowest BCUT2D eigenvalue weighted by molar-refractivity contribution is 0.0956. The molecule has 0 saturated carbocycles. The van der Waals surface area contributed by atoms with Gasteiger partial charge in [-0.15, -0.1) is 0 Å². The molecule has 136 valence electrons. The van der Waals surface area contributed by atoms with E-state index in [4.69, 9.17) is 0 Å². The lowest BCUT2D eigenvalue weighted by Gasteiger charge is -2.11. The first-order chi connectivity index (χ1) is 11.0. The maximum atomic E-state index is 12.1. The van der Waals surface area contributed by atoms with Crippen molar-refractivity contribution in [3.63, 3.8) is 0 Å². The molecule has 0 saturated heterocycles. The van der Waals surface area contributed by atoms with Gasteiger partial charge in [-0.2, -0.15) is 0 Å². The van der Waals surface area contributed by atoms with Crippen LogP contribution in [0.5, 0.6) is 0 Å². The van der Waals surface area contributed by atoms with Gasteiger partial charge in [0.05, 0.1) is 16.8 Å². The van der Waals surface area contributed by atoms with Crippen LogP contribution in [0.1, 0.15) is 23.7 Å². The Hall–Kier alpha value is -1.49. The highest BCUT2D eigenvalue weighted by Gasteiger charge is 2.17. The maximum Gasteiger partial charge on any atom is 0.251 e. The summed E-state index contributed by atoms with van der Waals surface area (Å²) in [6.07, 6.45) is 0.677. The molecule has 10 heteroatoms. The summed E-state index contributed by atoms with van der Waals surface area (Å²) in [5.41, 5.74) is 0.0995. The van der Waals surface area contributed by atoms with Gasteiger partial charge >= 0.3 is 0 Å². The van der Waals surface area contributed by atoms with Crippen LogP contribution in [0, 0.1) is 0 Å². The topological polar surface area (TPSA) is 130 Å². The molecule has 8 nitrogen and oxygen atoms in total. The van der Waals surface area contributed by atoms with E-state index in [2.05, 4.69) is 10.0 Å². The van der Waals surface area contributed by atoms with Gasteiger partial charge in [-0.05, 0) is 24.6 Å². The van der Waals surface area contributed by atoms with Gasteiger partial charge < -0.3 is 10.4 Å². The third kappa shape index (κ3) is 6.95. The quantitative estimate of drug-likeness (QED) is 0.532. The number of hydrogen-bond donors (Lipinski definition) is 3. The molecule has 24 heavy (non-hydrogen) atoms. The summed E-state index contributed by atoms with van der Waals surface area (Å²) >= 11 is 0. The van der Waals surface area contributed by atoms with E-state index in [9.17, 15) is 26.7 Å². The van der Waals surface area contributed by atoms with Crippen LogP contribution in [-0.4, -0.2) is 59.1 Å². The third-order valence-corrected chi connectivity index (χ3v) is 5.51. The van der Waals surface area contributed by atoms with E-state index in [0.717, 1.165) is 6.26 Å². The van der Waals surface area contributed by atoms with Gasteiger partial charge in [-0.25, -0.2) is 21.6 Å². The number of nitrogens with one attached hydrogen (secondary N) is 2. The monoisotopic (exact) mass is 378 g/mol. The average Bonchev–Trinajstić information content (AvgIpc) is 2.51. The first-order valence-corrected chi connectivity index (χ1v) is 10.8. The highest BCUT2D eigenvalue weighted by Crippen LogP contribution is 2.11. The van der Waals surface area contributed by atoms with Gasteiger partial charge in [0, 0.05) is 24.9 Å². The van der Waals surface area contributed by atoms with E-state index >= 15 is 0 Å². The Morgan fingerprint density at radius 2 is 1.92 bits per heavy atom. The number of sulfonamides is 1. The van der Waals surface area contributed by atoms with Crippen LogP contribution in [0.15, 0.2) is 29.2 Å². The summed E-state index contributed by atoms with van der Waals surface area (Å²) in [5.74, 6) is -0.767. The van der Waals surface area contributed by atoms with Crippen molar-refractivity contribution in [3.8, 4) is 0 Å².